The summed E-state index contributed by atoms with van der Waals surface area (Å²) in [4.78, 5) is 11.9. The van der Waals surface area contributed by atoms with E-state index in [0.717, 1.165) is 22.2 Å². The fourth-order valence-corrected chi connectivity index (χ4v) is 2.35. The molecule has 0 atom stereocenters. The van der Waals surface area contributed by atoms with Gasteiger partial charge < -0.3 is 10.1 Å². The van der Waals surface area contributed by atoms with E-state index >= 15 is 0 Å². The minimum atomic E-state index is -0.0560. The zero-order chi connectivity index (χ0) is 14.4. The highest BCUT2D eigenvalue weighted by atomic mass is 79.9. The van der Waals surface area contributed by atoms with Crippen LogP contribution in [0.1, 0.15) is 15.9 Å². The molecule has 0 saturated carbocycles. The first kappa shape index (κ1) is 14.6. The summed E-state index contributed by atoms with van der Waals surface area (Å²) >= 11 is 3.44. The van der Waals surface area contributed by atoms with Gasteiger partial charge >= 0.3 is 0 Å². The molecular weight excluding hydrogens is 318 g/mol. The minimum absolute atomic E-state index is 0.0560. The Labute approximate surface area is 127 Å². The molecule has 0 bridgehead atoms. The van der Waals surface area contributed by atoms with Crippen molar-refractivity contribution in [2.24, 2.45) is 0 Å². The smallest absolute Gasteiger partial charge is 0.251 e. The molecule has 0 aliphatic carbocycles. The van der Waals surface area contributed by atoms with E-state index in [0.29, 0.717) is 12.1 Å². The van der Waals surface area contributed by atoms with Gasteiger partial charge in [-0.3, -0.25) is 4.79 Å². The summed E-state index contributed by atoms with van der Waals surface area (Å²) in [7, 11) is 1.65. The molecule has 0 radical (unpaired) electrons. The van der Waals surface area contributed by atoms with Crippen LogP contribution in [0, 0.1) is 0 Å². The number of carbonyl (C=O) groups excluding carboxylic acids is 1. The Bertz CT molecular complexity index is 584. The van der Waals surface area contributed by atoms with E-state index in [4.69, 9.17) is 4.74 Å². The van der Waals surface area contributed by atoms with Crippen LogP contribution < -0.4 is 10.1 Å². The normalized spacial score (nSPS) is 10.1. The van der Waals surface area contributed by atoms with Gasteiger partial charge in [0.05, 0.1) is 7.11 Å². The van der Waals surface area contributed by atoms with Gasteiger partial charge in [0, 0.05) is 16.6 Å². The summed E-state index contributed by atoms with van der Waals surface area (Å²) < 4.78 is 6.31. The molecule has 104 valence electrons. The number of benzene rings is 2. The second-order valence-electron chi connectivity index (χ2n) is 4.33. The summed E-state index contributed by atoms with van der Waals surface area (Å²) in [5.41, 5.74) is 1.74. The Kier molecular flexibility index (Phi) is 5.18. The van der Waals surface area contributed by atoms with Gasteiger partial charge in [0.2, 0.25) is 0 Å². The van der Waals surface area contributed by atoms with Gasteiger partial charge in [-0.1, -0.05) is 34.1 Å². The first-order chi connectivity index (χ1) is 9.70. The molecular formula is C16H16BrNO2. The van der Waals surface area contributed by atoms with E-state index < -0.39 is 0 Å². The molecule has 2 aromatic carbocycles. The molecule has 2 rings (SSSR count). The zero-order valence-electron chi connectivity index (χ0n) is 11.2. The van der Waals surface area contributed by atoms with Crippen molar-refractivity contribution in [1.82, 2.24) is 5.32 Å². The van der Waals surface area contributed by atoms with Gasteiger partial charge in [-0.15, -0.1) is 0 Å². The van der Waals surface area contributed by atoms with Crippen molar-refractivity contribution in [2.45, 2.75) is 6.42 Å². The highest BCUT2D eigenvalue weighted by Gasteiger charge is 2.06. The quantitative estimate of drug-likeness (QED) is 0.910. The van der Waals surface area contributed by atoms with Gasteiger partial charge in [0.25, 0.3) is 5.91 Å². The minimum Gasteiger partial charge on any atom is -0.496 e. The maximum Gasteiger partial charge on any atom is 0.251 e. The van der Waals surface area contributed by atoms with Crippen molar-refractivity contribution < 1.29 is 9.53 Å². The number of methoxy groups -OCH3 is 1. The Morgan fingerprint density at radius 1 is 1.20 bits per heavy atom. The molecule has 4 heteroatoms. The van der Waals surface area contributed by atoms with Crippen LogP contribution in [-0.4, -0.2) is 19.6 Å². The summed E-state index contributed by atoms with van der Waals surface area (Å²) in [5, 5.41) is 2.91. The van der Waals surface area contributed by atoms with Crippen molar-refractivity contribution in [3.8, 4) is 5.75 Å². The Morgan fingerprint density at radius 2 is 1.95 bits per heavy atom. The number of carbonyl (C=O) groups is 1. The van der Waals surface area contributed by atoms with E-state index in [1.807, 2.05) is 36.4 Å². The van der Waals surface area contributed by atoms with Gasteiger partial charge in [0.15, 0.2) is 0 Å². The number of ether oxygens (including phenoxy) is 1. The lowest BCUT2D eigenvalue weighted by atomic mass is 10.1. The second kappa shape index (κ2) is 7.10. The lowest BCUT2D eigenvalue weighted by Crippen LogP contribution is -2.25. The van der Waals surface area contributed by atoms with Crippen LogP contribution in [0.25, 0.3) is 0 Å². The number of hydrogen-bond donors (Lipinski definition) is 1. The highest BCUT2D eigenvalue weighted by Crippen LogP contribution is 2.23. The van der Waals surface area contributed by atoms with Crippen LogP contribution in [0.3, 0.4) is 0 Å². The summed E-state index contributed by atoms with van der Waals surface area (Å²) in [6.45, 7) is 0.570. The molecule has 0 fully saturated rings. The van der Waals surface area contributed by atoms with Crippen LogP contribution in [0.4, 0.5) is 0 Å². The lowest BCUT2D eigenvalue weighted by Gasteiger charge is -2.10. The number of hydrogen-bond acceptors (Lipinski definition) is 2. The molecule has 1 amide bonds. The second-order valence-corrected chi connectivity index (χ2v) is 5.24. The standard InChI is InChI=1S/C16H16BrNO2/c1-20-15-8-7-14(17)11-13(15)9-10-18-16(19)12-5-3-2-4-6-12/h2-8,11H,9-10H2,1H3,(H,18,19). The van der Waals surface area contributed by atoms with Gasteiger partial charge in [-0.2, -0.15) is 0 Å². The molecule has 0 unspecified atom stereocenters. The molecule has 0 aliphatic rings. The summed E-state index contributed by atoms with van der Waals surface area (Å²) in [5.74, 6) is 0.779. The number of rotatable bonds is 5. The van der Waals surface area contributed by atoms with E-state index in [1.54, 1.807) is 19.2 Å². The van der Waals surface area contributed by atoms with Gasteiger partial charge in [0.1, 0.15) is 5.75 Å². The van der Waals surface area contributed by atoms with Crippen LogP contribution in [0.5, 0.6) is 5.75 Å². The highest BCUT2D eigenvalue weighted by molar-refractivity contribution is 9.10. The molecule has 0 saturated heterocycles. The Hall–Kier alpha value is -1.81. The molecule has 3 nitrogen and oxygen atoms in total. The molecule has 0 spiro atoms. The fourth-order valence-electron chi connectivity index (χ4n) is 1.94. The van der Waals surface area contributed by atoms with E-state index in [1.165, 1.54) is 0 Å². The first-order valence-corrected chi connectivity index (χ1v) is 7.15. The molecule has 2 aromatic rings. The number of halogens is 1. The van der Waals surface area contributed by atoms with Gasteiger partial charge in [-0.25, -0.2) is 0 Å². The average Bonchev–Trinajstić information content (AvgIpc) is 2.48. The van der Waals surface area contributed by atoms with Gasteiger partial charge in [-0.05, 0) is 42.3 Å². The summed E-state index contributed by atoms with van der Waals surface area (Å²) in [6, 6.07) is 15.1. The van der Waals surface area contributed by atoms with Crippen LogP contribution in [0.15, 0.2) is 53.0 Å². The van der Waals surface area contributed by atoms with E-state index in [-0.39, 0.29) is 5.91 Å². The molecule has 1 N–H and O–H groups in total. The van der Waals surface area contributed by atoms with Crippen LogP contribution >= 0.6 is 15.9 Å². The fraction of sp³-hybridized carbons (Fsp3) is 0.188. The predicted molar refractivity (Wildman–Crippen MR) is 83.2 cm³/mol. The molecule has 0 aliphatic heterocycles. The third-order valence-electron chi connectivity index (χ3n) is 2.96. The zero-order valence-corrected chi connectivity index (χ0v) is 12.8. The molecule has 0 aromatic heterocycles. The van der Waals surface area contributed by atoms with Crippen molar-refractivity contribution in [2.75, 3.05) is 13.7 Å². The van der Waals surface area contributed by atoms with Crippen molar-refractivity contribution >= 4 is 21.8 Å². The monoisotopic (exact) mass is 333 g/mol. The number of nitrogens with one attached hydrogen (secondary N) is 1. The third-order valence-corrected chi connectivity index (χ3v) is 3.45. The molecule has 0 heterocycles. The molecule has 20 heavy (non-hydrogen) atoms. The SMILES string of the molecule is COc1ccc(Br)cc1CCNC(=O)c1ccccc1. The largest absolute Gasteiger partial charge is 0.496 e. The Morgan fingerprint density at radius 3 is 2.65 bits per heavy atom. The van der Waals surface area contributed by atoms with Crippen molar-refractivity contribution in [3.63, 3.8) is 0 Å². The van der Waals surface area contributed by atoms with E-state index in [9.17, 15) is 4.79 Å². The summed E-state index contributed by atoms with van der Waals surface area (Å²) in [6.07, 6.45) is 0.723. The van der Waals surface area contributed by atoms with Crippen LogP contribution in [-0.2, 0) is 6.42 Å². The maximum atomic E-state index is 11.9. The predicted octanol–water partition coefficient (Wildman–Crippen LogP) is 3.43. The average molecular weight is 334 g/mol. The maximum absolute atomic E-state index is 11.9. The first-order valence-electron chi connectivity index (χ1n) is 6.36. The third kappa shape index (κ3) is 3.84. The topological polar surface area (TPSA) is 38.3 Å². The van der Waals surface area contributed by atoms with Crippen molar-refractivity contribution in [3.05, 3.63) is 64.1 Å². The van der Waals surface area contributed by atoms with E-state index in [2.05, 4.69) is 21.2 Å². The number of amides is 1. The Balaban J connectivity index is 1.93. The van der Waals surface area contributed by atoms with Crippen LogP contribution in [0.2, 0.25) is 0 Å². The van der Waals surface area contributed by atoms with Crippen molar-refractivity contribution in [1.29, 1.82) is 0 Å². The lowest BCUT2D eigenvalue weighted by molar-refractivity contribution is 0.0954.